The van der Waals surface area contributed by atoms with Gasteiger partial charge in [0.05, 0.1) is 0 Å². The topological polar surface area (TPSA) is 33.3 Å². The Bertz CT molecular complexity index is 561. The van der Waals surface area contributed by atoms with E-state index < -0.39 is 0 Å². The lowest BCUT2D eigenvalue weighted by atomic mass is 10.1. The smallest absolute Gasteiger partial charge is 0.127 e. The van der Waals surface area contributed by atoms with Gasteiger partial charge in [0.15, 0.2) is 0 Å². The summed E-state index contributed by atoms with van der Waals surface area (Å²) in [6.07, 6.45) is 3.60. The highest BCUT2D eigenvalue weighted by Crippen LogP contribution is 2.23. The van der Waals surface area contributed by atoms with Crippen molar-refractivity contribution in [3.05, 3.63) is 54.1 Å². The number of unbranched alkanes of at least 4 members (excludes halogenated alkanes) is 1. The molecule has 0 saturated heterocycles. The summed E-state index contributed by atoms with van der Waals surface area (Å²) < 4.78 is 5.89. The van der Waals surface area contributed by atoms with Crippen molar-refractivity contribution in [1.82, 2.24) is 5.43 Å². The second-order valence-corrected chi connectivity index (χ2v) is 6.27. The molecule has 3 heteroatoms. The summed E-state index contributed by atoms with van der Waals surface area (Å²) in [5.74, 6) is 2.34. The molecule has 0 aromatic heterocycles. The van der Waals surface area contributed by atoms with Crippen molar-refractivity contribution in [1.29, 1.82) is 0 Å². The summed E-state index contributed by atoms with van der Waals surface area (Å²) in [5.41, 5.74) is 8.80. The molecular weight excluding hydrogens is 284 g/mol. The fourth-order valence-corrected chi connectivity index (χ4v) is 2.20. The molecule has 0 aliphatic heterocycles. The Morgan fingerprint density at radius 3 is 2.09 bits per heavy atom. The first-order valence-corrected chi connectivity index (χ1v) is 8.53. The Morgan fingerprint density at radius 1 is 0.913 bits per heavy atom. The van der Waals surface area contributed by atoms with Crippen LogP contribution in [0.4, 0.5) is 5.69 Å². The van der Waals surface area contributed by atoms with E-state index in [0.29, 0.717) is 5.92 Å². The number of benzene rings is 2. The zero-order valence-corrected chi connectivity index (χ0v) is 14.4. The lowest BCUT2D eigenvalue weighted by molar-refractivity contribution is 0.482. The first kappa shape index (κ1) is 17.4. The van der Waals surface area contributed by atoms with Crippen LogP contribution in [0.2, 0.25) is 0 Å². The average Bonchev–Trinajstić information content (AvgIpc) is 2.55. The lowest BCUT2D eigenvalue weighted by Crippen LogP contribution is -2.25. The Balaban J connectivity index is 1.85. The van der Waals surface area contributed by atoms with E-state index in [0.717, 1.165) is 30.2 Å². The maximum absolute atomic E-state index is 5.89. The van der Waals surface area contributed by atoms with Crippen molar-refractivity contribution in [3.8, 4) is 11.5 Å². The van der Waals surface area contributed by atoms with Gasteiger partial charge in [-0.05, 0) is 60.7 Å². The van der Waals surface area contributed by atoms with E-state index in [1.165, 1.54) is 18.4 Å². The Hall–Kier alpha value is -2.00. The quantitative estimate of drug-likeness (QED) is 0.609. The summed E-state index contributed by atoms with van der Waals surface area (Å²) in [5, 5.41) is 0. The third-order valence-electron chi connectivity index (χ3n) is 3.58. The van der Waals surface area contributed by atoms with Gasteiger partial charge in [-0.3, -0.25) is 0 Å². The van der Waals surface area contributed by atoms with Gasteiger partial charge in [0, 0.05) is 12.2 Å². The molecule has 2 N–H and O–H groups in total. The molecule has 124 valence electrons. The molecule has 0 atom stereocenters. The van der Waals surface area contributed by atoms with Crippen LogP contribution in [0.15, 0.2) is 48.5 Å². The number of hydrogen-bond donors (Lipinski definition) is 2. The van der Waals surface area contributed by atoms with Gasteiger partial charge in [-0.15, -0.1) is 0 Å². The van der Waals surface area contributed by atoms with E-state index in [9.17, 15) is 0 Å². The molecule has 0 heterocycles. The van der Waals surface area contributed by atoms with Gasteiger partial charge in [-0.1, -0.05) is 39.3 Å². The minimum Gasteiger partial charge on any atom is -0.457 e. The number of aryl methyl sites for hydroxylation is 1. The molecular formula is C20H28N2O. The molecule has 3 nitrogen and oxygen atoms in total. The predicted octanol–water partition coefficient (Wildman–Crippen LogP) is 5.39. The highest BCUT2D eigenvalue weighted by molar-refractivity contribution is 5.46. The largest absolute Gasteiger partial charge is 0.457 e. The van der Waals surface area contributed by atoms with E-state index in [1.54, 1.807) is 0 Å². The van der Waals surface area contributed by atoms with Crippen LogP contribution in [0.3, 0.4) is 0 Å². The van der Waals surface area contributed by atoms with Crippen molar-refractivity contribution >= 4 is 5.69 Å². The van der Waals surface area contributed by atoms with Gasteiger partial charge in [0.25, 0.3) is 0 Å². The van der Waals surface area contributed by atoms with E-state index in [-0.39, 0.29) is 0 Å². The third-order valence-corrected chi connectivity index (χ3v) is 3.58. The van der Waals surface area contributed by atoms with Crippen molar-refractivity contribution < 1.29 is 4.74 Å². The lowest BCUT2D eigenvalue weighted by Gasteiger charge is -2.11. The monoisotopic (exact) mass is 312 g/mol. The van der Waals surface area contributed by atoms with Gasteiger partial charge >= 0.3 is 0 Å². The Kier molecular flexibility index (Phi) is 6.95. The molecule has 2 aromatic carbocycles. The zero-order chi connectivity index (χ0) is 16.5. The highest BCUT2D eigenvalue weighted by Gasteiger charge is 1.99. The van der Waals surface area contributed by atoms with E-state index in [4.69, 9.17) is 4.74 Å². The highest BCUT2D eigenvalue weighted by atomic mass is 16.5. The summed E-state index contributed by atoms with van der Waals surface area (Å²) in [6, 6.07) is 16.4. The Morgan fingerprint density at radius 2 is 1.52 bits per heavy atom. The van der Waals surface area contributed by atoms with Crippen molar-refractivity contribution in [2.45, 2.75) is 40.0 Å². The minimum atomic E-state index is 0.616. The van der Waals surface area contributed by atoms with Gasteiger partial charge in [0.1, 0.15) is 11.5 Å². The minimum absolute atomic E-state index is 0.616. The summed E-state index contributed by atoms with van der Waals surface area (Å²) in [6.45, 7) is 7.51. The summed E-state index contributed by atoms with van der Waals surface area (Å²) in [7, 11) is 0. The third kappa shape index (κ3) is 6.33. The van der Waals surface area contributed by atoms with E-state index in [1.807, 2.05) is 36.4 Å². The molecule has 0 unspecified atom stereocenters. The molecule has 0 spiro atoms. The van der Waals surface area contributed by atoms with Gasteiger partial charge in [-0.2, -0.15) is 0 Å². The number of nitrogens with one attached hydrogen (secondary N) is 2. The van der Waals surface area contributed by atoms with Gasteiger partial charge < -0.3 is 10.2 Å². The Labute approximate surface area is 140 Å². The van der Waals surface area contributed by atoms with Crippen LogP contribution < -0.4 is 15.6 Å². The van der Waals surface area contributed by atoms with Crippen LogP contribution >= 0.6 is 0 Å². The number of rotatable bonds is 9. The van der Waals surface area contributed by atoms with Crippen LogP contribution in [0.25, 0.3) is 0 Å². The maximum Gasteiger partial charge on any atom is 0.127 e. The first-order valence-electron chi connectivity index (χ1n) is 8.53. The standard InChI is InChI=1S/C20H28N2O/c1-4-5-6-17-7-11-19(12-8-17)23-20-13-9-18(10-14-20)22-21-15-16(2)3/h7-14,16,21-22H,4-6,15H2,1-3H3. The normalized spacial score (nSPS) is 10.8. The zero-order valence-electron chi connectivity index (χ0n) is 14.4. The molecule has 0 aliphatic carbocycles. The van der Waals surface area contributed by atoms with Crippen LogP contribution in [-0.2, 0) is 6.42 Å². The number of hydrazine groups is 1. The predicted molar refractivity (Wildman–Crippen MR) is 98.0 cm³/mol. The molecule has 0 fully saturated rings. The van der Waals surface area contributed by atoms with Crippen LogP contribution in [-0.4, -0.2) is 6.54 Å². The van der Waals surface area contributed by atoms with Crippen molar-refractivity contribution in [2.75, 3.05) is 12.0 Å². The van der Waals surface area contributed by atoms with Crippen molar-refractivity contribution in [3.63, 3.8) is 0 Å². The second-order valence-electron chi connectivity index (χ2n) is 6.27. The number of ether oxygens (including phenoxy) is 1. The summed E-state index contributed by atoms with van der Waals surface area (Å²) in [4.78, 5) is 0. The van der Waals surface area contributed by atoms with Gasteiger partial charge in [-0.25, -0.2) is 5.43 Å². The van der Waals surface area contributed by atoms with Crippen LogP contribution in [0.1, 0.15) is 39.2 Å². The van der Waals surface area contributed by atoms with Crippen LogP contribution in [0.5, 0.6) is 11.5 Å². The van der Waals surface area contributed by atoms with E-state index >= 15 is 0 Å². The van der Waals surface area contributed by atoms with Crippen molar-refractivity contribution in [2.24, 2.45) is 5.92 Å². The summed E-state index contributed by atoms with van der Waals surface area (Å²) >= 11 is 0. The van der Waals surface area contributed by atoms with Gasteiger partial charge in [0.2, 0.25) is 0 Å². The molecule has 23 heavy (non-hydrogen) atoms. The van der Waals surface area contributed by atoms with Crippen LogP contribution in [0, 0.1) is 5.92 Å². The molecule has 0 saturated carbocycles. The second kappa shape index (κ2) is 9.21. The number of hydrogen-bond acceptors (Lipinski definition) is 3. The molecule has 0 aliphatic rings. The average molecular weight is 312 g/mol. The number of anilines is 1. The molecule has 0 bridgehead atoms. The maximum atomic E-state index is 5.89. The fourth-order valence-electron chi connectivity index (χ4n) is 2.20. The molecule has 2 aromatic rings. The molecule has 0 amide bonds. The molecule has 0 radical (unpaired) electrons. The molecule has 2 rings (SSSR count). The van der Waals surface area contributed by atoms with E-state index in [2.05, 4.69) is 43.8 Å². The fraction of sp³-hybridized carbons (Fsp3) is 0.400. The first-order chi connectivity index (χ1) is 11.2. The SMILES string of the molecule is CCCCc1ccc(Oc2ccc(NNCC(C)C)cc2)cc1.